The Morgan fingerprint density at radius 1 is 1.23 bits per heavy atom. The van der Waals surface area contributed by atoms with E-state index in [0.717, 1.165) is 63.9 Å². The van der Waals surface area contributed by atoms with Gasteiger partial charge in [-0.05, 0) is 85.3 Å². The van der Waals surface area contributed by atoms with Gasteiger partial charge in [0.1, 0.15) is 17.6 Å². The van der Waals surface area contributed by atoms with Crippen LogP contribution in [0.4, 0.5) is 0 Å². The predicted octanol–water partition coefficient (Wildman–Crippen LogP) is 3.79. The molecule has 0 radical (unpaired) electrons. The monoisotopic (exact) mass is 577 g/mol. The molecule has 2 aromatic carbocycles. The minimum absolute atomic E-state index is 0.0439. The fraction of sp³-hybridized carbons (Fsp3) is 0.308. The first-order valence-corrected chi connectivity index (χ1v) is 12.7. The molecule has 6 rings (SSSR count). The lowest BCUT2D eigenvalue weighted by atomic mass is 9.87. The Balaban J connectivity index is 1.46. The van der Waals surface area contributed by atoms with Gasteiger partial charge in [0.2, 0.25) is 0 Å². The highest BCUT2D eigenvalue weighted by atomic mass is 127. The maximum absolute atomic E-state index is 13.5. The molecule has 1 atom stereocenters. The summed E-state index contributed by atoms with van der Waals surface area (Å²) in [5.41, 5.74) is 4.90. The highest BCUT2D eigenvalue weighted by Crippen LogP contribution is 2.32. The molecule has 2 aliphatic rings. The molecule has 0 saturated carbocycles. The standard InChI is InChI=1S/C26H24IN7O/c1-16-20-12-19(5-6-22(20)31-32(16)2)34-14-23(25(35)33-10-8-26(15-33)7-9-29-26)30-24(34)17-3-4-18(13-28)21(27)11-17/h3-6,11-12,14,29H,7-10,15H2,1-2H3. The molecule has 2 aliphatic heterocycles. The summed E-state index contributed by atoms with van der Waals surface area (Å²) in [4.78, 5) is 20.3. The van der Waals surface area contributed by atoms with Gasteiger partial charge in [0.25, 0.3) is 5.91 Å². The number of hydrogen-bond donors (Lipinski definition) is 1. The SMILES string of the molecule is Cc1c2cc(-n3cc(C(=O)N4CCC5(CCN5)C4)nc3-c3ccc(C#N)c(I)c3)ccc2nn1C. The molecule has 176 valence electrons. The highest BCUT2D eigenvalue weighted by Gasteiger charge is 2.44. The zero-order valence-corrected chi connectivity index (χ0v) is 21.7. The number of nitrogens with one attached hydrogen (secondary N) is 1. The summed E-state index contributed by atoms with van der Waals surface area (Å²) in [5, 5.41) is 18.5. The van der Waals surface area contributed by atoms with E-state index < -0.39 is 0 Å². The summed E-state index contributed by atoms with van der Waals surface area (Å²) in [5.74, 6) is 0.630. The number of likely N-dealkylation sites (tertiary alicyclic amines) is 1. The molecule has 1 unspecified atom stereocenters. The van der Waals surface area contributed by atoms with Gasteiger partial charge in [-0.2, -0.15) is 10.4 Å². The number of aryl methyl sites for hydroxylation is 2. The summed E-state index contributed by atoms with van der Waals surface area (Å²) in [6.45, 7) is 4.53. The number of imidazole rings is 1. The number of nitrogens with zero attached hydrogens (tertiary/aromatic N) is 6. The second kappa shape index (κ2) is 8.17. The third-order valence-corrected chi connectivity index (χ3v) is 8.30. The second-order valence-electron chi connectivity index (χ2n) is 9.47. The molecule has 8 nitrogen and oxygen atoms in total. The van der Waals surface area contributed by atoms with Crippen molar-refractivity contribution in [1.82, 2.24) is 29.5 Å². The quantitative estimate of drug-likeness (QED) is 0.375. The average molecular weight is 577 g/mol. The second-order valence-corrected chi connectivity index (χ2v) is 10.6. The van der Waals surface area contributed by atoms with E-state index in [2.05, 4.69) is 45.1 Å². The van der Waals surface area contributed by atoms with E-state index >= 15 is 0 Å². The van der Waals surface area contributed by atoms with Crippen molar-refractivity contribution in [3.63, 3.8) is 0 Å². The Morgan fingerprint density at radius 2 is 2.06 bits per heavy atom. The Bertz CT molecular complexity index is 1540. The topological polar surface area (TPSA) is 91.8 Å². The van der Waals surface area contributed by atoms with Gasteiger partial charge in [-0.3, -0.25) is 14.0 Å². The van der Waals surface area contributed by atoms with Crippen molar-refractivity contribution in [2.75, 3.05) is 19.6 Å². The Morgan fingerprint density at radius 3 is 2.74 bits per heavy atom. The van der Waals surface area contributed by atoms with Crippen LogP contribution < -0.4 is 5.32 Å². The van der Waals surface area contributed by atoms with Crippen LogP contribution in [-0.2, 0) is 7.05 Å². The van der Waals surface area contributed by atoms with E-state index in [1.54, 1.807) is 6.07 Å². The van der Waals surface area contributed by atoms with Crippen molar-refractivity contribution < 1.29 is 4.79 Å². The van der Waals surface area contributed by atoms with Gasteiger partial charge in [-0.25, -0.2) is 4.98 Å². The fourth-order valence-corrected chi connectivity index (χ4v) is 5.76. The minimum Gasteiger partial charge on any atom is -0.335 e. The first-order valence-electron chi connectivity index (χ1n) is 11.6. The van der Waals surface area contributed by atoms with E-state index in [1.807, 2.05) is 58.6 Å². The lowest BCUT2D eigenvalue weighted by Crippen LogP contribution is -2.58. The molecule has 1 amide bonds. The summed E-state index contributed by atoms with van der Waals surface area (Å²) in [7, 11) is 1.94. The zero-order valence-electron chi connectivity index (χ0n) is 19.5. The first kappa shape index (κ1) is 22.2. The molecule has 1 spiro atoms. The van der Waals surface area contributed by atoms with E-state index in [9.17, 15) is 10.1 Å². The lowest BCUT2D eigenvalue weighted by Gasteiger charge is -2.39. The summed E-state index contributed by atoms with van der Waals surface area (Å²) >= 11 is 2.17. The van der Waals surface area contributed by atoms with Crippen molar-refractivity contribution in [2.45, 2.75) is 25.3 Å². The molecule has 35 heavy (non-hydrogen) atoms. The first-order chi connectivity index (χ1) is 16.9. The van der Waals surface area contributed by atoms with Gasteiger partial charge >= 0.3 is 0 Å². The van der Waals surface area contributed by atoms with Crippen molar-refractivity contribution in [3.05, 3.63) is 63.1 Å². The number of nitriles is 1. The molecule has 2 fully saturated rings. The Hall–Kier alpha value is -3.23. The van der Waals surface area contributed by atoms with Crippen LogP contribution in [0.25, 0.3) is 28.0 Å². The van der Waals surface area contributed by atoms with Crippen LogP contribution in [0.3, 0.4) is 0 Å². The van der Waals surface area contributed by atoms with Crippen molar-refractivity contribution in [2.24, 2.45) is 7.05 Å². The fourth-order valence-electron chi connectivity index (χ4n) is 5.13. The average Bonchev–Trinajstić information content (AvgIpc) is 3.55. The predicted molar refractivity (Wildman–Crippen MR) is 141 cm³/mol. The van der Waals surface area contributed by atoms with E-state index in [1.165, 1.54) is 0 Å². The molecule has 4 aromatic rings. The summed E-state index contributed by atoms with van der Waals surface area (Å²) in [6.07, 6.45) is 3.94. The lowest BCUT2D eigenvalue weighted by molar-refractivity contribution is 0.0761. The number of rotatable bonds is 3. The number of carbonyl (C=O) groups excluding carboxylic acids is 1. The zero-order chi connectivity index (χ0) is 24.3. The van der Waals surface area contributed by atoms with Crippen LogP contribution in [0.2, 0.25) is 0 Å². The Kier molecular flexibility index (Phi) is 5.19. The molecular weight excluding hydrogens is 553 g/mol. The molecule has 2 aromatic heterocycles. The number of amides is 1. The van der Waals surface area contributed by atoms with Crippen LogP contribution in [-0.4, -0.2) is 55.3 Å². The molecule has 2 saturated heterocycles. The largest absolute Gasteiger partial charge is 0.335 e. The number of carbonyl (C=O) groups is 1. The van der Waals surface area contributed by atoms with Crippen LogP contribution in [0, 0.1) is 21.8 Å². The maximum Gasteiger partial charge on any atom is 0.274 e. The van der Waals surface area contributed by atoms with Crippen molar-refractivity contribution in [3.8, 4) is 23.1 Å². The van der Waals surface area contributed by atoms with Crippen molar-refractivity contribution >= 4 is 39.4 Å². The minimum atomic E-state index is -0.0439. The third kappa shape index (κ3) is 3.63. The number of benzene rings is 2. The van der Waals surface area contributed by atoms with Gasteiger partial charge in [-0.15, -0.1) is 0 Å². The van der Waals surface area contributed by atoms with Gasteiger partial charge in [-0.1, -0.05) is 0 Å². The van der Waals surface area contributed by atoms with Gasteiger partial charge in [0.05, 0.1) is 11.1 Å². The van der Waals surface area contributed by atoms with E-state index in [-0.39, 0.29) is 11.4 Å². The Labute approximate surface area is 216 Å². The summed E-state index contributed by atoms with van der Waals surface area (Å²) < 4.78 is 4.70. The molecule has 1 N–H and O–H groups in total. The maximum atomic E-state index is 13.5. The van der Waals surface area contributed by atoms with Crippen LogP contribution in [0.5, 0.6) is 0 Å². The number of halogens is 1. The van der Waals surface area contributed by atoms with E-state index in [4.69, 9.17) is 4.98 Å². The highest BCUT2D eigenvalue weighted by molar-refractivity contribution is 14.1. The molecule has 4 heterocycles. The smallest absolute Gasteiger partial charge is 0.274 e. The van der Waals surface area contributed by atoms with Crippen LogP contribution >= 0.6 is 22.6 Å². The number of hydrogen-bond acceptors (Lipinski definition) is 5. The molecule has 0 bridgehead atoms. The normalized spacial score (nSPS) is 19.3. The van der Waals surface area contributed by atoms with Crippen LogP contribution in [0.15, 0.2) is 42.6 Å². The number of aromatic nitrogens is 4. The van der Waals surface area contributed by atoms with Crippen molar-refractivity contribution in [1.29, 1.82) is 5.26 Å². The third-order valence-electron chi connectivity index (χ3n) is 7.41. The molecule has 0 aliphatic carbocycles. The van der Waals surface area contributed by atoms with Gasteiger partial charge < -0.3 is 10.2 Å². The van der Waals surface area contributed by atoms with E-state index in [0.29, 0.717) is 17.1 Å². The van der Waals surface area contributed by atoms with Gasteiger partial charge in [0, 0.05) is 57.8 Å². The molecular formula is C26H24IN7O. The van der Waals surface area contributed by atoms with Gasteiger partial charge in [0.15, 0.2) is 0 Å². The summed E-state index contributed by atoms with van der Waals surface area (Å²) in [6, 6.07) is 14.0. The number of fused-ring (bicyclic) bond motifs is 1. The molecule has 9 heteroatoms. The van der Waals surface area contributed by atoms with Crippen LogP contribution in [0.1, 0.15) is 34.6 Å².